The number of carbonyl (C=O) groups excluding carboxylic acids is 2. The van der Waals surface area contributed by atoms with Gasteiger partial charge in [0.2, 0.25) is 5.91 Å². The van der Waals surface area contributed by atoms with E-state index in [-0.39, 0.29) is 17.0 Å². The van der Waals surface area contributed by atoms with Crippen LogP contribution in [0.3, 0.4) is 0 Å². The minimum Gasteiger partial charge on any atom is -0.497 e. The second-order valence-corrected chi connectivity index (χ2v) is 5.15. The summed E-state index contributed by atoms with van der Waals surface area (Å²) >= 11 is 1.11. The van der Waals surface area contributed by atoms with Gasteiger partial charge in [0.05, 0.1) is 19.1 Å². The molecule has 0 saturated heterocycles. The number of amidine groups is 1. The van der Waals surface area contributed by atoms with Crippen molar-refractivity contribution in [2.75, 3.05) is 14.2 Å². The molecule has 110 valence electrons. The number of aliphatic imine (C=N–C) groups is 1. The second-order valence-electron chi connectivity index (χ2n) is 4.12. The van der Waals surface area contributed by atoms with Gasteiger partial charge >= 0.3 is 0 Å². The molecule has 1 aromatic carbocycles. The minimum absolute atomic E-state index is 0.266. The lowest BCUT2D eigenvalue weighted by molar-refractivity contribution is -0.117. The highest BCUT2D eigenvalue weighted by atomic mass is 32.2. The first-order valence-corrected chi connectivity index (χ1v) is 6.87. The van der Waals surface area contributed by atoms with Crippen molar-refractivity contribution in [3.05, 3.63) is 28.7 Å². The second kappa shape index (κ2) is 6.45. The zero-order chi connectivity index (χ0) is 15.4. The van der Waals surface area contributed by atoms with Gasteiger partial charge in [-0.1, -0.05) is 0 Å². The van der Waals surface area contributed by atoms with Gasteiger partial charge in [-0.25, -0.2) is 0 Å². The quantitative estimate of drug-likeness (QED) is 0.862. The number of hydrogen-bond acceptors (Lipinski definition) is 5. The Morgan fingerprint density at radius 1 is 1.33 bits per heavy atom. The van der Waals surface area contributed by atoms with E-state index in [9.17, 15) is 9.59 Å². The number of amides is 2. The molecular weight excluding hydrogens is 292 g/mol. The zero-order valence-electron chi connectivity index (χ0n) is 11.8. The summed E-state index contributed by atoms with van der Waals surface area (Å²) in [5.74, 6) is 0.594. The lowest BCUT2D eigenvalue weighted by atomic mass is 10.1. The lowest BCUT2D eigenvalue weighted by Crippen LogP contribution is -2.23. The van der Waals surface area contributed by atoms with Crippen LogP contribution in [-0.2, 0) is 9.59 Å². The fraction of sp³-hybridized carbons (Fsp3) is 0.214. The van der Waals surface area contributed by atoms with Crippen LogP contribution >= 0.6 is 11.8 Å². The van der Waals surface area contributed by atoms with E-state index in [2.05, 4.69) is 10.3 Å². The van der Waals surface area contributed by atoms with Crippen molar-refractivity contribution in [1.82, 2.24) is 5.32 Å². The summed E-state index contributed by atoms with van der Waals surface area (Å²) in [7, 11) is 3.11. The predicted molar refractivity (Wildman–Crippen MR) is 81.4 cm³/mol. The Morgan fingerprint density at radius 2 is 2.10 bits per heavy atom. The molecule has 0 aromatic heterocycles. The fourth-order valence-electron chi connectivity index (χ4n) is 1.69. The summed E-state index contributed by atoms with van der Waals surface area (Å²) in [6, 6.07) is 5.29. The van der Waals surface area contributed by atoms with Gasteiger partial charge < -0.3 is 14.8 Å². The third-order valence-electron chi connectivity index (χ3n) is 2.63. The molecule has 2 rings (SSSR count). The van der Waals surface area contributed by atoms with Crippen LogP contribution in [0.2, 0.25) is 0 Å². The molecule has 1 heterocycles. The number of hydrogen-bond donors (Lipinski definition) is 1. The number of nitrogens with one attached hydrogen (secondary N) is 1. The van der Waals surface area contributed by atoms with E-state index in [0.717, 1.165) is 17.3 Å². The molecule has 0 saturated carbocycles. The Kier molecular flexibility index (Phi) is 4.64. The Hall–Kier alpha value is -2.28. The highest BCUT2D eigenvalue weighted by molar-refractivity contribution is 8.18. The molecule has 2 amide bonds. The molecule has 21 heavy (non-hydrogen) atoms. The molecular formula is C14H14N2O4S. The topological polar surface area (TPSA) is 77.0 Å². The molecule has 0 atom stereocenters. The number of carbonyl (C=O) groups is 2. The summed E-state index contributed by atoms with van der Waals surface area (Å²) in [6.07, 6.45) is 1.67. The largest absolute Gasteiger partial charge is 0.497 e. The van der Waals surface area contributed by atoms with Crippen molar-refractivity contribution < 1.29 is 19.1 Å². The number of nitrogens with zero attached hydrogens (tertiary/aromatic N) is 1. The molecule has 1 aliphatic rings. The van der Waals surface area contributed by atoms with E-state index in [4.69, 9.17) is 9.47 Å². The fourth-order valence-corrected chi connectivity index (χ4v) is 2.54. The Morgan fingerprint density at radius 3 is 2.71 bits per heavy atom. The molecule has 0 bridgehead atoms. The van der Waals surface area contributed by atoms with Crippen molar-refractivity contribution in [2.45, 2.75) is 6.92 Å². The van der Waals surface area contributed by atoms with Crippen LogP contribution in [0.15, 0.2) is 28.1 Å². The standard InChI is InChI=1S/C14H14N2O4S/c1-8(17)15-14-16-13(18)12(21-14)6-9-4-5-10(19-2)7-11(9)20-3/h4-7H,1-3H3,(H,15,16,17,18)/b12-6-. The molecule has 1 aromatic rings. The normalized spacial score (nSPS) is 15.9. The van der Waals surface area contributed by atoms with E-state index in [1.165, 1.54) is 6.92 Å². The predicted octanol–water partition coefficient (Wildman–Crippen LogP) is 1.81. The van der Waals surface area contributed by atoms with Crippen LogP contribution in [0.1, 0.15) is 12.5 Å². The zero-order valence-corrected chi connectivity index (χ0v) is 12.6. The monoisotopic (exact) mass is 306 g/mol. The molecule has 0 fully saturated rings. The molecule has 0 unspecified atom stereocenters. The third kappa shape index (κ3) is 3.63. The van der Waals surface area contributed by atoms with E-state index in [0.29, 0.717) is 16.4 Å². The van der Waals surface area contributed by atoms with Gasteiger partial charge in [-0.05, 0) is 30.0 Å². The molecule has 1 aliphatic heterocycles. The molecule has 0 radical (unpaired) electrons. The van der Waals surface area contributed by atoms with Crippen LogP contribution in [0.25, 0.3) is 6.08 Å². The van der Waals surface area contributed by atoms with E-state index >= 15 is 0 Å². The summed E-state index contributed by atoms with van der Waals surface area (Å²) in [4.78, 5) is 27.0. The highest BCUT2D eigenvalue weighted by Crippen LogP contribution is 2.32. The summed E-state index contributed by atoms with van der Waals surface area (Å²) in [5.41, 5.74) is 0.730. The van der Waals surface area contributed by atoms with Crippen LogP contribution < -0.4 is 14.8 Å². The lowest BCUT2D eigenvalue weighted by Gasteiger charge is -2.07. The van der Waals surface area contributed by atoms with Gasteiger partial charge in [-0.2, -0.15) is 4.99 Å². The summed E-state index contributed by atoms with van der Waals surface area (Å²) < 4.78 is 10.4. The van der Waals surface area contributed by atoms with Crippen molar-refractivity contribution in [1.29, 1.82) is 0 Å². The number of thioether (sulfide) groups is 1. The first kappa shape index (κ1) is 15.1. The van der Waals surface area contributed by atoms with Gasteiger partial charge in [-0.15, -0.1) is 0 Å². The number of benzene rings is 1. The summed E-state index contributed by atoms with van der Waals surface area (Å²) in [5, 5.41) is 2.78. The molecule has 7 heteroatoms. The van der Waals surface area contributed by atoms with E-state index in [1.807, 2.05) is 0 Å². The highest BCUT2D eigenvalue weighted by Gasteiger charge is 2.23. The molecule has 1 N–H and O–H groups in total. The number of methoxy groups -OCH3 is 2. The van der Waals surface area contributed by atoms with Gasteiger partial charge in [0.25, 0.3) is 5.91 Å². The maximum absolute atomic E-state index is 11.8. The van der Waals surface area contributed by atoms with Crippen LogP contribution in [-0.4, -0.2) is 31.2 Å². The number of ether oxygens (including phenoxy) is 2. The maximum Gasteiger partial charge on any atom is 0.286 e. The van der Waals surface area contributed by atoms with Crippen molar-refractivity contribution in [3.63, 3.8) is 0 Å². The maximum atomic E-state index is 11.8. The SMILES string of the molecule is COc1ccc(/C=C2\SC(NC(C)=O)=NC2=O)c(OC)c1. The Balaban J connectivity index is 2.25. The van der Waals surface area contributed by atoms with Crippen LogP contribution in [0, 0.1) is 0 Å². The van der Waals surface area contributed by atoms with Crippen molar-refractivity contribution >= 4 is 34.8 Å². The van der Waals surface area contributed by atoms with Crippen molar-refractivity contribution in [2.24, 2.45) is 4.99 Å². The molecule has 6 nitrogen and oxygen atoms in total. The first-order chi connectivity index (χ1) is 10.0. The third-order valence-corrected chi connectivity index (χ3v) is 3.53. The Labute approximate surface area is 126 Å². The van der Waals surface area contributed by atoms with Gasteiger partial charge in [0, 0.05) is 18.6 Å². The van der Waals surface area contributed by atoms with Crippen LogP contribution in [0.4, 0.5) is 0 Å². The summed E-state index contributed by atoms with van der Waals surface area (Å²) in [6.45, 7) is 1.36. The van der Waals surface area contributed by atoms with Gasteiger partial charge in [-0.3, -0.25) is 9.59 Å². The van der Waals surface area contributed by atoms with Gasteiger partial charge in [0.1, 0.15) is 11.5 Å². The first-order valence-electron chi connectivity index (χ1n) is 6.05. The van der Waals surface area contributed by atoms with E-state index in [1.54, 1.807) is 38.5 Å². The number of rotatable bonds is 3. The average molecular weight is 306 g/mol. The molecule has 0 spiro atoms. The van der Waals surface area contributed by atoms with Crippen molar-refractivity contribution in [3.8, 4) is 11.5 Å². The van der Waals surface area contributed by atoms with Gasteiger partial charge in [0.15, 0.2) is 5.17 Å². The van der Waals surface area contributed by atoms with E-state index < -0.39 is 0 Å². The minimum atomic E-state index is -0.387. The smallest absolute Gasteiger partial charge is 0.286 e. The van der Waals surface area contributed by atoms with Crippen LogP contribution in [0.5, 0.6) is 11.5 Å². The average Bonchev–Trinajstić information content (AvgIpc) is 2.78. The molecule has 0 aliphatic carbocycles. The Bertz CT molecular complexity index is 652.